The molecule has 0 aromatic rings. The summed E-state index contributed by atoms with van der Waals surface area (Å²) in [5.41, 5.74) is 8.36. The van der Waals surface area contributed by atoms with E-state index in [-0.39, 0.29) is 17.5 Å². The van der Waals surface area contributed by atoms with E-state index in [2.05, 4.69) is 6.58 Å². The fraction of sp³-hybridized carbons (Fsp3) is 0.632. The highest BCUT2D eigenvalue weighted by Crippen LogP contribution is 2.44. The minimum absolute atomic E-state index is 0.0328. The minimum Gasteiger partial charge on any atom is -0.466 e. The lowest BCUT2D eigenvalue weighted by molar-refractivity contribution is -0.149. The van der Waals surface area contributed by atoms with E-state index in [0.29, 0.717) is 13.0 Å². The molecule has 0 saturated carbocycles. The average molecular weight is 365 g/mol. The molecule has 1 aliphatic carbocycles. The lowest BCUT2D eigenvalue weighted by atomic mass is 9.71. The zero-order chi connectivity index (χ0) is 19.6. The Bertz CT molecular complexity index is 652. The molecule has 0 radical (unpaired) electrons. The molecule has 0 aromatic heterocycles. The maximum Gasteiger partial charge on any atom is 0.334 e. The standard InChI is InChI=1S/C19H27NO6/c1-9(7-6-8-24-12(4)21)14-10(2)16(20)18-15(11(3)19(23)26-18)17(14)25-13(5)22/h9,15-18H,3,6-8,20H2,1-2,4-5H3/t9-,15-,16+,17+,18-/m0/s1. The normalized spacial score (nSPS) is 29.1. The van der Waals surface area contributed by atoms with Crippen LogP contribution in [-0.4, -0.2) is 42.8 Å². The summed E-state index contributed by atoms with van der Waals surface area (Å²) in [4.78, 5) is 34.6. The van der Waals surface area contributed by atoms with Gasteiger partial charge in [-0.05, 0) is 36.8 Å². The minimum atomic E-state index is -0.625. The second kappa shape index (κ2) is 8.03. The van der Waals surface area contributed by atoms with Gasteiger partial charge in [-0.25, -0.2) is 4.79 Å². The lowest BCUT2D eigenvalue weighted by Crippen LogP contribution is -2.51. The molecule has 2 aliphatic rings. The molecule has 2 rings (SSSR count). The Balaban J connectivity index is 2.27. The van der Waals surface area contributed by atoms with Crippen molar-refractivity contribution >= 4 is 17.9 Å². The Labute approximate surface area is 153 Å². The molecule has 7 heteroatoms. The zero-order valence-electron chi connectivity index (χ0n) is 15.7. The monoisotopic (exact) mass is 365 g/mol. The summed E-state index contributed by atoms with van der Waals surface area (Å²) in [5, 5.41) is 0. The van der Waals surface area contributed by atoms with Crippen molar-refractivity contribution in [3.8, 4) is 0 Å². The van der Waals surface area contributed by atoms with Crippen molar-refractivity contribution in [1.82, 2.24) is 0 Å². The van der Waals surface area contributed by atoms with Crippen LogP contribution < -0.4 is 5.73 Å². The first-order chi connectivity index (χ1) is 12.1. The third kappa shape index (κ3) is 3.98. The molecule has 0 aromatic carbocycles. The van der Waals surface area contributed by atoms with Crippen molar-refractivity contribution in [2.45, 2.75) is 58.8 Å². The average Bonchev–Trinajstić information content (AvgIpc) is 2.84. The number of ether oxygens (including phenoxy) is 3. The summed E-state index contributed by atoms with van der Waals surface area (Å²) in [6.07, 6.45) is 0.198. The molecule has 7 nitrogen and oxygen atoms in total. The maximum absolute atomic E-state index is 12.0. The van der Waals surface area contributed by atoms with Gasteiger partial charge in [-0.15, -0.1) is 0 Å². The molecule has 1 aliphatic heterocycles. The van der Waals surface area contributed by atoms with Crippen LogP contribution in [0.25, 0.3) is 0 Å². The van der Waals surface area contributed by atoms with E-state index in [1.165, 1.54) is 13.8 Å². The molecule has 5 atom stereocenters. The smallest absolute Gasteiger partial charge is 0.334 e. The van der Waals surface area contributed by atoms with Gasteiger partial charge in [-0.1, -0.05) is 13.5 Å². The summed E-state index contributed by atoms with van der Waals surface area (Å²) in [6, 6.07) is -0.471. The van der Waals surface area contributed by atoms with Gasteiger partial charge in [0, 0.05) is 19.4 Å². The van der Waals surface area contributed by atoms with Crippen LogP contribution in [-0.2, 0) is 28.6 Å². The Morgan fingerprint density at radius 2 is 1.96 bits per heavy atom. The van der Waals surface area contributed by atoms with Crippen LogP contribution in [0.3, 0.4) is 0 Å². The Hall–Kier alpha value is -2.15. The van der Waals surface area contributed by atoms with Gasteiger partial charge in [-0.3, -0.25) is 9.59 Å². The van der Waals surface area contributed by atoms with E-state index in [0.717, 1.165) is 17.6 Å². The lowest BCUT2D eigenvalue weighted by Gasteiger charge is -2.40. The number of hydrogen-bond donors (Lipinski definition) is 1. The van der Waals surface area contributed by atoms with Gasteiger partial charge < -0.3 is 19.9 Å². The van der Waals surface area contributed by atoms with Gasteiger partial charge >= 0.3 is 17.9 Å². The molecule has 0 unspecified atom stereocenters. The summed E-state index contributed by atoms with van der Waals surface area (Å²) >= 11 is 0. The van der Waals surface area contributed by atoms with Crippen molar-refractivity contribution < 1.29 is 28.6 Å². The molecule has 144 valence electrons. The van der Waals surface area contributed by atoms with Crippen molar-refractivity contribution in [1.29, 1.82) is 0 Å². The summed E-state index contributed by atoms with van der Waals surface area (Å²) in [7, 11) is 0. The zero-order valence-corrected chi connectivity index (χ0v) is 15.7. The van der Waals surface area contributed by atoms with Crippen LogP contribution in [0.15, 0.2) is 23.3 Å². The van der Waals surface area contributed by atoms with Crippen LogP contribution in [0.4, 0.5) is 0 Å². The van der Waals surface area contributed by atoms with Gasteiger partial charge in [0.25, 0.3) is 0 Å². The highest BCUT2D eigenvalue weighted by Gasteiger charge is 2.53. The van der Waals surface area contributed by atoms with Crippen molar-refractivity contribution in [2.24, 2.45) is 17.6 Å². The Kier molecular flexibility index (Phi) is 6.23. The van der Waals surface area contributed by atoms with Crippen LogP contribution in [0.2, 0.25) is 0 Å². The van der Waals surface area contributed by atoms with E-state index in [1.807, 2.05) is 13.8 Å². The number of rotatable bonds is 6. The van der Waals surface area contributed by atoms with E-state index >= 15 is 0 Å². The molecular formula is C19H27NO6. The molecule has 1 fully saturated rings. The molecule has 1 saturated heterocycles. The number of fused-ring (bicyclic) bond motifs is 1. The number of carbonyl (C=O) groups is 3. The topological polar surface area (TPSA) is 105 Å². The van der Waals surface area contributed by atoms with Crippen molar-refractivity contribution in [3.05, 3.63) is 23.3 Å². The third-order valence-corrected chi connectivity index (χ3v) is 5.11. The van der Waals surface area contributed by atoms with Gasteiger partial charge in [0.05, 0.1) is 18.6 Å². The van der Waals surface area contributed by atoms with Gasteiger partial charge in [0.1, 0.15) is 12.2 Å². The predicted molar refractivity (Wildman–Crippen MR) is 93.8 cm³/mol. The molecule has 1 heterocycles. The second-order valence-electron chi connectivity index (χ2n) is 7.00. The van der Waals surface area contributed by atoms with Crippen LogP contribution in [0.5, 0.6) is 0 Å². The quantitative estimate of drug-likeness (QED) is 0.251. The van der Waals surface area contributed by atoms with Gasteiger partial charge in [-0.2, -0.15) is 0 Å². The van der Waals surface area contributed by atoms with Gasteiger partial charge in [0.2, 0.25) is 0 Å². The maximum atomic E-state index is 12.0. The molecule has 0 bridgehead atoms. The van der Waals surface area contributed by atoms with E-state index < -0.39 is 36.1 Å². The molecule has 0 spiro atoms. The molecule has 26 heavy (non-hydrogen) atoms. The van der Waals surface area contributed by atoms with Crippen molar-refractivity contribution in [2.75, 3.05) is 6.61 Å². The predicted octanol–water partition coefficient (Wildman–Crippen LogP) is 1.65. The fourth-order valence-electron chi connectivity index (χ4n) is 3.86. The SMILES string of the molecule is C=C1C(=O)O[C@H]2[C@@H]1[C@H](OC(C)=O)C([C@@H](C)CCCOC(C)=O)=C(C)[C@H]2N. The first kappa shape index (κ1) is 20.2. The summed E-state index contributed by atoms with van der Waals surface area (Å²) < 4.78 is 15.9. The van der Waals surface area contributed by atoms with E-state index in [4.69, 9.17) is 19.9 Å². The summed E-state index contributed by atoms with van der Waals surface area (Å²) in [6.45, 7) is 10.7. The van der Waals surface area contributed by atoms with E-state index in [9.17, 15) is 14.4 Å². The first-order valence-electron chi connectivity index (χ1n) is 8.81. The second-order valence-corrected chi connectivity index (χ2v) is 7.00. The number of esters is 3. The van der Waals surface area contributed by atoms with E-state index in [1.54, 1.807) is 0 Å². The van der Waals surface area contributed by atoms with Crippen LogP contribution in [0, 0.1) is 11.8 Å². The number of carbonyl (C=O) groups excluding carboxylic acids is 3. The molecule has 0 amide bonds. The molecule has 2 N–H and O–H groups in total. The van der Waals surface area contributed by atoms with Crippen molar-refractivity contribution in [3.63, 3.8) is 0 Å². The van der Waals surface area contributed by atoms with Crippen LogP contribution >= 0.6 is 0 Å². The van der Waals surface area contributed by atoms with Gasteiger partial charge in [0.15, 0.2) is 0 Å². The van der Waals surface area contributed by atoms with Crippen LogP contribution in [0.1, 0.15) is 40.5 Å². The number of hydrogen-bond acceptors (Lipinski definition) is 7. The molecular weight excluding hydrogens is 338 g/mol. The highest BCUT2D eigenvalue weighted by molar-refractivity contribution is 5.91. The number of nitrogens with two attached hydrogens (primary N) is 1. The summed E-state index contributed by atoms with van der Waals surface area (Å²) in [5.74, 6) is -1.69. The first-order valence-corrected chi connectivity index (χ1v) is 8.81. The fourth-order valence-corrected chi connectivity index (χ4v) is 3.86. The largest absolute Gasteiger partial charge is 0.466 e. The Morgan fingerprint density at radius 3 is 2.54 bits per heavy atom. The highest BCUT2D eigenvalue weighted by atomic mass is 16.6. The third-order valence-electron chi connectivity index (χ3n) is 5.11. The Morgan fingerprint density at radius 1 is 1.31 bits per heavy atom.